The average molecular weight is 295 g/mol. The van der Waals surface area contributed by atoms with Crippen molar-refractivity contribution in [1.29, 1.82) is 5.26 Å². The number of nitriles is 1. The van der Waals surface area contributed by atoms with Gasteiger partial charge in [-0.05, 0) is 6.07 Å². The van der Waals surface area contributed by atoms with Crippen molar-refractivity contribution < 1.29 is 0 Å². The van der Waals surface area contributed by atoms with Crippen LogP contribution in [0.2, 0.25) is 0 Å². The van der Waals surface area contributed by atoms with Gasteiger partial charge in [0.1, 0.15) is 6.07 Å². The fourth-order valence-electron chi connectivity index (χ4n) is 2.31. The molecule has 0 saturated carbocycles. The first-order chi connectivity index (χ1) is 9.56. The lowest BCUT2D eigenvalue weighted by molar-refractivity contribution is 1.35. The lowest BCUT2D eigenvalue weighted by atomic mass is 10.0. The lowest BCUT2D eigenvalue weighted by Crippen LogP contribution is -2.16. The summed E-state index contributed by atoms with van der Waals surface area (Å²) in [7, 11) is 0. The third-order valence-corrected chi connectivity index (χ3v) is 3.98. The summed E-state index contributed by atoms with van der Waals surface area (Å²) in [5.74, 6) is 0. The topological polar surface area (TPSA) is 57.9 Å². The molecule has 1 aromatic carbocycles. The first kappa shape index (κ1) is 12.7. The molecule has 20 heavy (non-hydrogen) atoms. The van der Waals surface area contributed by atoms with Crippen LogP contribution in [0.25, 0.3) is 10.8 Å². The SMILES string of the molecule is N#Cc1cc(=S)c2c(=O)c3ccccc3c(=O)c=2c1=S. The van der Waals surface area contributed by atoms with Crippen LogP contribution in [0.5, 0.6) is 0 Å². The van der Waals surface area contributed by atoms with Crippen LogP contribution < -0.4 is 10.9 Å². The highest BCUT2D eigenvalue weighted by Crippen LogP contribution is 2.10. The molecular weight excluding hydrogens is 290 g/mol. The van der Waals surface area contributed by atoms with E-state index in [1.165, 1.54) is 6.07 Å². The van der Waals surface area contributed by atoms with Crippen LogP contribution in [0.3, 0.4) is 0 Å². The fraction of sp³-hybridized carbons (Fsp3) is 0. The molecule has 0 atom stereocenters. The molecule has 0 unspecified atom stereocenters. The Morgan fingerprint density at radius 1 is 0.950 bits per heavy atom. The molecule has 0 aliphatic heterocycles. The van der Waals surface area contributed by atoms with E-state index in [-0.39, 0.29) is 35.9 Å². The van der Waals surface area contributed by atoms with Crippen LogP contribution in [0.1, 0.15) is 5.56 Å². The van der Waals surface area contributed by atoms with Gasteiger partial charge in [0.2, 0.25) is 0 Å². The van der Waals surface area contributed by atoms with Crippen LogP contribution in [0, 0.1) is 30.8 Å². The van der Waals surface area contributed by atoms with Crippen LogP contribution in [-0.2, 0) is 0 Å². The Morgan fingerprint density at radius 2 is 1.50 bits per heavy atom. The van der Waals surface area contributed by atoms with Crippen LogP contribution in [0.15, 0.2) is 39.9 Å². The largest absolute Gasteiger partial charge is 0.289 e. The molecule has 2 aliphatic rings. The molecule has 0 fully saturated rings. The monoisotopic (exact) mass is 295 g/mol. The van der Waals surface area contributed by atoms with Gasteiger partial charge in [-0.1, -0.05) is 48.7 Å². The minimum Gasteiger partial charge on any atom is -0.289 e. The Morgan fingerprint density at radius 3 is 2.05 bits per heavy atom. The molecule has 3 nitrogen and oxygen atoms in total. The third kappa shape index (κ3) is 1.56. The predicted molar refractivity (Wildman–Crippen MR) is 80.5 cm³/mol. The number of hydrogen-bond donors (Lipinski definition) is 0. The minimum atomic E-state index is -0.344. The Kier molecular flexibility index (Phi) is 2.78. The summed E-state index contributed by atoms with van der Waals surface area (Å²) < 4.78 is 0.293. The van der Waals surface area contributed by atoms with E-state index in [1.807, 2.05) is 6.07 Å². The normalized spacial score (nSPS) is 10.8. The van der Waals surface area contributed by atoms with E-state index in [1.54, 1.807) is 24.3 Å². The first-order valence-corrected chi connectivity index (χ1v) is 6.51. The zero-order valence-electron chi connectivity index (χ0n) is 9.97. The van der Waals surface area contributed by atoms with Crippen molar-refractivity contribution >= 4 is 35.2 Å². The summed E-state index contributed by atoms with van der Waals surface area (Å²) >= 11 is 10.3. The molecule has 94 valence electrons. The van der Waals surface area contributed by atoms with Crippen LogP contribution in [-0.4, -0.2) is 0 Å². The third-order valence-electron chi connectivity index (χ3n) is 3.23. The standard InChI is InChI=1S/C15H5NO2S2/c16-6-7-5-10(19)11-12(15(7)20)14(18)9-4-2-1-3-8(9)13(11)17/h1-5H. The molecule has 2 aliphatic carbocycles. The van der Waals surface area contributed by atoms with Gasteiger partial charge in [0, 0.05) is 10.8 Å². The second kappa shape index (κ2) is 4.37. The van der Waals surface area contributed by atoms with Gasteiger partial charge < -0.3 is 0 Å². The zero-order valence-corrected chi connectivity index (χ0v) is 11.6. The summed E-state index contributed by atoms with van der Waals surface area (Å²) in [6.07, 6.45) is 0. The van der Waals surface area contributed by atoms with Crippen molar-refractivity contribution in [3.63, 3.8) is 0 Å². The smallest absolute Gasteiger partial charge is 0.196 e. The van der Waals surface area contributed by atoms with E-state index in [9.17, 15) is 9.59 Å². The molecule has 0 aromatic heterocycles. The van der Waals surface area contributed by atoms with Crippen molar-refractivity contribution in [2.45, 2.75) is 0 Å². The van der Waals surface area contributed by atoms with E-state index in [0.717, 1.165) is 0 Å². The first-order valence-electron chi connectivity index (χ1n) is 5.69. The fourth-order valence-corrected chi connectivity index (χ4v) is 2.93. The molecule has 0 spiro atoms. The maximum atomic E-state index is 12.5. The van der Waals surface area contributed by atoms with Gasteiger partial charge in [-0.25, -0.2) is 0 Å². The number of benzene rings is 1. The van der Waals surface area contributed by atoms with Gasteiger partial charge in [-0.15, -0.1) is 0 Å². The van der Waals surface area contributed by atoms with Crippen molar-refractivity contribution in [2.24, 2.45) is 0 Å². The summed E-state index contributed by atoms with van der Waals surface area (Å²) in [4.78, 5) is 25.0. The van der Waals surface area contributed by atoms with E-state index >= 15 is 0 Å². The van der Waals surface area contributed by atoms with Crippen LogP contribution in [0.4, 0.5) is 0 Å². The molecule has 5 heteroatoms. The molecule has 0 heterocycles. The van der Waals surface area contributed by atoms with E-state index in [4.69, 9.17) is 29.7 Å². The molecule has 0 radical (unpaired) electrons. The molecular formula is C15H5NO2S2. The van der Waals surface area contributed by atoms with E-state index < -0.39 is 0 Å². The predicted octanol–water partition coefficient (Wildman–Crippen LogP) is 2.49. The molecule has 1 aromatic rings. The van der Waals surface area contributed by atoms with Gasteiger partial charge in [0.15, 0.2) is 10.9 Å². The molecule has 0 saturated heterocycles. The Labute approximate surface area is 122 Å². The highest BCUT2D eigenvalue weighted by molar-refractivity contribution is 7.72. The summed E-state index contributed by atoms with van der Waals surface area (Å²) in [6, 6.07) is 9.84. The van der Waals surface area contributed by atoms with Crippen molar-refractivity contribution in [2.75, 3.05) is 0 Å². The second-order valence-electron chi connectivity index (χ2n) is 4.32. The molecule has 0 N–H and O–H groups in total. The molecule has 3 rings (SSSR count). The van der Waals surface area contributed by atoms with Gasteiger partial charge in [0.05, 0.1) is 25.0 Å². The highest BCUT2D eigenvalue weighted by atomic mass is 32.1. The Balaban J connectivity index is 2.97. The van der Waals surface area contributed by atoms with Gasteiger partial charge in [-0.2, -0.15) is 5.26 Å². The second-order valence-corrected chi connectivity index (χ2v) is 5.17. The zero-order chi connectivity index (χ0) is 14.4. The van der Waals surface area contributed by atoms with Crippen molar-refractivity contribution in [3.05, 3.63) is 75.8 Å². The van der Waals surface area contributed by atoms with Gasteiger partial charge in [-0.3, -0.25) is 9.59 Å². The van der Waals surface area contributed by atoms with Crippen LogP contribution >= 0.6 is 24.4 Å². The minimum absolute atomic E-state index is 0.0905. The maximum Gasteiger partial charge on any atom is 0.196 e. The molecule has 0 amide bonds. The van der Waals surface area contributed by atoms with E-state index in [0.29, 0.717) is 10.8 Å². The van der Waals surface area contributed by atoms with Gasteiger partial charge >= 0.3 is 0 Å². The average Bonchev–Trinajstić information content (AvgIpc) is 2.46. The number of fused-ring (bicyclic) bond motifs is 1. The Bertz CT molecular complexity index is 1180. The van der Waals surface area contributed by atoms with E-state index in [2.05, 4.69) is 0 Å². The summed E-state index contributed by atoms with van der Waals surface area (Å²) in [5.41, 5.74) is -0.497. The van der Waals surface area contributed by atoms with Gasteiger partial charge in [0.25, 0.3) is 0 Å². The summed E-state index contributed by atoms with van der Waals surface area (Å²) in [6.45, 7) is 0. The number of hydrogen-bond acceptors (Lipinski definition) is 5. The lowest BCUT2D eigenvalue weighted by Gasteiger charge is -1.99. The Hall–Kier alpha value is -2.29. The number of nitrogens with zero attached hydrogens (tertiary/aromatic N) is 1. The summed E-state index contributed by atoms with van der Waals surface area (Å²) in [5, 5.41) is 9.90. The number of rotatable bonds is 0. The maximum absolute atomic E-state index is 12.5. The van der Waals surface area contributed by atoms with Crippen molar-refractivity contribution in [3.8, 4) is 6.07 Å². The van der Waals surface area contributed by atoms with Crippen molar-refractivity contribution in [1.82, 2.24) is 0 Å². The highest BCUT2D eigenvalue weighted by Gasteiger charge is 2.11. The molecule has 0 bridgehead atoms. The quantitative estimate of drug-likeness (QED) is 0.596.